The third-order valence-corrected chi connectivity index (χ3v) is 3.62. The zero-order chi connectivity index (χ0) is 18.5. The SMILES string of the molecule is O=C(Nc1ccc(NC(=O)c2ccc(F)c(F)c2)cc1)c1ccccc1. The van der Waals surface area contributed by atoms with Crippen molar-refractivity contribution in [2.24, 2.45) is 0 Å². The summed E-state index contributed by atoms with van der Waals surface area (Å²) in [5.41, 5.74) is 1.55. The molecule has 4 nitrogen and oxygen atoms in total. The lowest BCUT2D eigenvalue weighted by atomic mass is 10.2. The highest BCUT2D eigenvalue weighted by Crippen LogP contribution is 2.16. The van der Waals surface area contributed by atoms with Gasteiger partial charge in [0.15, 0.2) is 11.6 Å². The predicted molar refractivity (Wildman–Crippen MR) is 95.1 cm³/mol. The number of carbonyl (C=O) groups is 2. The average Bonchev–Trinajstić information content (AvgIpc) is 2.66. The summed E-state index contributed by atoms with van der Waals surface area (Å²) in [6.45, 7) is 0. The molecule has 0 heterocycles. The van der Waals surface area contributed by atoms with Crippen LogP contribution in [0.4, 0.5) is 20.2 Å². The van der Waals surface area contributed by atoms with E-state index in [2.05, 4.69) is 10.6 Å². The number of nitrogens with one attached hydrogen (secondary N) is 2. The van der Waals surface area contributed by atoms with Crippen LogP contribution in [0.25, 0.3) is 0 Å². The number of benzene rings is 3. The van der Waals surface area contributed by atoms with Gasteiger partial charge in [-0.2, -0.15) is 0 Å². The van der Waals surface area contributed by atoms with Gasteiger partial charge < -0.3 is 10.6 Å². The summed E-state index contributed by atoms with van der Waals surface area (Å²) in [4.78, 5) is 24.1. The summed E-state index contributed by atoms with van der Waals surface area (Å²) < 4.78 is 26.1. The Morgan fingerprint density at radius 1 is 0.615 bits per heavy atom. The van der Waals surface area contributed by atoms with E-state index in [4.69, 9.17) is 0 Å². The van der Waals surface area contributed by atoms with Gasteiger partial charge in [0.05, 0.1) is 0 Å². The number of hydrogen-bond acceptors (Lipinski definition) is 2. The van der Waals surface area contributed by atoms with Crippen molar-refractivity contribution in [2.45, 2.75) is 0 Å². The van der Waals surface area contributed by atoms with Crippen molar-refractivity contribution >= 4 is 23.2 Å². The van der Waals surface area contributed by atoms with Crippen LogP contribution in [0.3, 0.4) is 0 Å². The molecule has 0 aliphatic heterocycles. The molecule has 0 aliphatic carbocycles. The second-order valence-corrected chi connectivity index (χ2v) is 5.48. The Kier molecular flexibility index (Phi) is 5.03. The lowest BCUT2D eigenvalue weighted by molar-refractivity contribution is 0.101. The van der Waals surface area contributed by atoms with Crippen LogP contribution in [0.5, 0.6) is 0 Å². The summed E-state index contributed by atoms with van der Waals surface area (Å²) in [7, 11) is 0. The molecule has 2 N–H and O–H groups in total. The van der Waals surface area contributed by atoms with Crippen molar-refractivity contribution in [3.63, 3.8) is 0 Å². The summed E-state index contributed by atoms with van der Waals surface area (Å²) >= 11 is 0. The minimum atomic E-state index is -1.09. The molecule has 0 fully saturated rings. The van der Waals surface area contributed by atoms with Gasteiger partial charge in [-0.25, -0.2) is 8.78 Å². The molecule has 6 heteroatoms. The van der Waals surface area contributed by atoms with Gasteiger partial charge in [0.1, 0.15) is 0 Å². The normalized spacial score (nSPS) is 10.2. The van der Waals surface area contributed by atoms with E-state index in [1.807, 2.05) is 6.07 Å². The molecule has 0 aromatic heterocycles. The molecule has 0 unspecified atom stereocenters. The lowest BCUT2D eigenvalue weighted by Crippen LogP contribution is -2.13. The molecule has 0 atom stereocenters. The molecular formula is C20H14F2N2O2. The zero-order valence-corrected chi connectivity index (χ0v) is 13.5. The number of carbonyl (C=O) groups excluding carboxylic acids is 2. The molecule has 3 aromatic rings. The molecule has 0 radical (unpaired) electrons. The van der Waals surface area contributed by atoms with Crippen LogP contribution in [0.15, 0.2) is 72.8 Å². The van der Waals surface area contributed by atoms with Gasteiger partial charge in [0.25, 0.3) is 11.8 Å². The standard InChI is InChI=1S/C20H14F2N2O2/c21-17-11-6-14(12-18(17)22)20(26)24-16-9-7-15(8-10-16)23-19(25)13-4-2-1-3-5-13/h1-12H,(H,23,25)(H,24,26). The van der Waals surface area contributed by atoms with Gasteiger partial charge in [-0.05, 0) is 54.6 Å². The van der Waals surface area contributed by atoms with E-state index < -0.39 is 17.5 Å². The fraction of sp³-hybridized carbons (Fsp3) is 0. The Morgan fingerprint density at radius 3 is 1.69 bits per heavy atom. The molecule has 3 rings (SSSR count). The molecule has 3 aromatic carbocycles. The van der Waals surface area contributed by atoms with Gasteiger partial charge >= 0.3 is 0 Å². The Morgan fingerprint density at radius 2 is 1.15 bits per heavy atom. The van der Waals surface area contributed by atoms with Crippen molar-refractivity contribution in [1.82, 2.24) is 0 Å². The van der Waals surface area contributed by atoms with Crippen LogP contribution in [0.2, 0.25) is 0 Å². The van der Waals surface area contributed by atoms with E-state index in [0.29, 0.717) is 16.9 Å². The highest BCUT2D eigenvalue weighted by Gasteiger charge is 2.10. The van der Waals surface area contributed by atoms with E-state index in [9.17, 15) is 18.4 Å². The van der Waals surface area contributed by atoms with Crippen LogP contribution in [0.1, 0.15) is 20.7 Å². The van der Waals surface area contributed by atoms with Crippen molar-refractivity contribution in [3.8, 4) is 0 Å². The molecule has 130 valence electrons. The van der Waals surface area contributed by atoms with Crippen LogP contribution >= 0.6 is 0 Å². The Bertz CT molecular complexity index is 942. The predicted octanol–water partition coefficient (Wildman–Crippen LogP) is 4.47. The third-order valence-electron chi connectivity index (χ3n) is 3.62. The molecule has 2 amide bonds. The van der Waals surface area contributed by atoms with E-state index in [0.717, 1.165) is 12.1 Å². The molecular weight excluding hydrogens is 338 g/mol. The first-order valence-corrected chi connectivity index (χ1v) is 7.76. The summed E-state index contributed by atoms with van der Waals surface area (Å²) in [5, 5.41) is 5.32. The van der Waals surface area contributed by atoms with Gasteiger partial charge in [-0.15, -0.1) is 0 Å². The second kappa shape index (κ2) is 7.57. The highest BCUT2D eigenvalue weighted by molar-refractivity contribution is 6.05. The summed E-state index contributed by atoms with van der Waals surface area (Å²) in [6.07, 6.45) is 0. The first-order valence-electron chi connectivity index (χ1n) is 7.76. The van der Waals surface area contributed by atoms with Gasteiger partial charge in [0.2, 0.25) is 0 Å². The summed E-state index contributed by atoms with van der Waals surface area (Å²) in [6, 6.07) is 18.1. The van der Waals surface area contributed by atoms with E-state index in [1.165, 1.54) is 6.07 Å². The molecule has 26 heavy (non-hydrogen) atoms. The van der Waals surface area contributed by atoms with Crippen LogP contribution < -0.4 is 10.6 Å². The monoisotopic (exact) mass is 352 g/mol. The maximum absolute atomic E-state index is 13.2. The van der Waals surface area contributed by atoms with E-state index in [-0.39, 0.29) is 11.5 Å². The number of anilines is 2. The van der Waals surface area contributed by atoms with E-state index in [1.54, 1.807) is 48.5 Å². The number of halogens is 2. The summed E-state index contributed by atoms with van der Waals surface area (Å²) in [5.74, 6) is -2.91. The minimum Gasteiger partial charge on any atom is -0.322 e. The average molecular weight is 352 g/mol. The van der Waals surface area contributed by atoms with Crippen molar-refractivity contribution in [3.05, 3.63) is 95.6 Å². The third kappa shape index (κ3) is 4.10. The fourth-order valence-electron chi connectivity index (χ4n) is 2.27. The van der Waals surface area contributed by atoms with E-state index >= 15 is 0 Å². The zero-order valence-electron chi connectivity index (χ0n) is 13.5. The van der Waals surface area contributed by atoms with Gasteiger partial charge in [-0.3, -0.25) is 9.59 Å². The molecule has 0 saturated heterocycles. The van der Waals surface area contributed by atoms with Crippen molar-refractivity contribution in [2.75, 3.05) is 10.6 Å². The number of amides is 2. The van der Waals surface area contributed by atoms with Crippen LogP contribution in [-0.4, -0.2) is 11.8 Å². The van der Waals surface area contributed by atoms with Crippen LogP contribution in [-0.2, 0) is 0 Å². The minimum absolute atomic E-state index is 0.00496. The quantitative estimate of drug-likeness (QED) is 0.728. The largest absolute Gasteiger partial charge is 0.322 e. The molecule has 0 aliphatic rings. The second-order valence-electron chi connectivity index (χ2n) is 5.48. The Balaban J connectivity index is 1.65. The van der Waals surface area contributed by atoms with Gasteiger partial charge in [0, 0.05) is 22.5 Å². The molecule has 0 spiro atoms. The molecule has 0 bridgehead atoms. The Hall–Kier alpha value is -3.54. The fourth-order valence-corrected chi connectivity index (χ4v) is 2.27. The first-order chi connectivity index (χ1) is 12.5. The highest BCUT2D eigenvalue weighted by atomic mass is 19.2. The number of rotatable bonds is 4. The van der Waals surface area contributed by atoms with Gasteiger partial charge in [-0.1, -0.05) is 18.2 Å². The first kappa shape index (κ1) is 17.3. The number of hydrogen-bond donors (Lipinski definition) is 2. The smallest absolute Gasteiger partial charge is 0.255 e. The van der Waals surface area contributed by atoms with Crippen molar-refractivity contribution in [1.29, 1.82) is 0 Å². The molecule has 0 saturated carbocycles. The maximum Gasteiger partial charge on any atom is 0.255 e. The maximum atomic E-state index is 13.2. The Labute approximate surface area is 148 Å². The topological polar surface area (TPSA) is 58.2 Å². The van der Waals surface area contributed by atoms with Crippen LogP contribution in [0, 0.1) is 11.6 Å². The lowest BCUT2D eigenvalue weighted by Gasteiger charge is -2.08. The van der Waals surface area contributed by atoms with Crippen molar-refractivity contribution < 1.29 is 18.4 Å².